The van der Waals surface area contributed by atoms with E-state index in [4.69, 9.17) is 19.7 Å². The molecular weight excluding hydrogens is 687 g/mol. The molecule has 8 aromatic rings. The highest BCUT2D eigenvalue weighted by Crippen LogP contribution is 2.60. The SMILES string of the molecule is C1=CC2=C(CN1)C1(c3cnccc3O2)c2ccccc2-c2ccc(-c3cccc(-c4cccc(-c5nc(-c6ccccc6)nc(-c6ccccc6)n5)c4)c3)cc21. The van der Waals surface area contributed by atoms with Crippen LogP contribution in [0.15, 0.2) is 194 Å². The average molecular weight is 720 g/mol. The van der Waals surface area contributed by atoms with E-state index in [0.29, 0.717) is 24.0 Å². The van der Waals surface area contributed by atoms with Crippen LogP contribution in [0.25, 0.3) is 67.5 Å². The number of nitrogens with one attached hydrogen (secondary N) is 1. The molecule has 0 radical (unpaired) electrons. The molecule has 4 heterocycles. The molecular formula is C50H33N5O. The molecule has 0 bridgehead atoms. The van der Waals surface area contributed by atoms with Crippen LogP contribution in [0.3, 0.4) is 0 Å². The van der Waals surface area contributed by atoms with Gasteiger partial charge in [0.2, 0.25) is 0 Å². The summed E-state index contributed by atoms with van der Waals surface area (Å²) in [5, 5.41) is 3.49. The molecule has 1 spiro atoms. The van der Waals surface area contributed by atoms with E-state index in [1.54, 1.807) is 0 Å². The third kappa shape index (κ3) is 5.03. The summed E-state index contributed by atoms with van der Waals surface area (Å²) in [5.41, 5.74) is 13.9. The molecule has 56 heavy (non-hydrogen) atoms. The summed E-state index contributed by atoms with van der Waals surface area (Å²) in [7, 11) is 0. The van der Waals surface area contributed by atoms with E-state index >= 15 is 0 Å². The number of pyridine rings is 1. The minimum Gasteiger partial charge on any atom is -0.457 e. The van der Waals surface area contributed by atoms with Gasteiger partial charge < -0.3 is 10.1 Å². The lowest BCUT2D eigenvalue weighted by molar-refractivity contribution is 0.389. The second kappa shape index (κ2) is 12.9. The van der Waals surface area contributed by atoms with Gasteiger partial charge in [-0.1, -0.05) is 133 Å². The van der Waals surface area contributed by atoms with E-state index in [2.05, 4.69) is 101 Å². The molecule has 1 aliphatic carbocycles. The molecule has 1 unspecified atom stereocenters. The number of rotatable bonds is 5. The molecule has 0 saturated carbocycles. The molecule has 0 amide bonds. The largest absolute Gasteiger partial charge is 0.457 e. The van der Waals surface area contributed by atoms with Gasteiger partial charge in [0.05, 0.1) is 5.41 Å². The van der Waals surface area contributed by atoms with E-state index in [0.717, 1.165) is 56.0 Å². The van der Waals surface area contributed by atoms with Crippen molar-refractivity contribution in [2.24, 2.45) is 0 Å². The first kappa shape index (κ1) is 32.0. The highest BCUT2D eigenvalue weighted by atomic mass is 16.5. The van der Waals surface area contributed by atoms with Crippen LogP contribution in [0.1, 0.15) is 16.7 Å². The summed E-state index contributed by atoms with van der Waals surface area (Å²) in [6.45, 7) is 0.671. The minimum absolute atomic E-state index is 0.551. The summed E-state index contributed by atoms with van der Waals surface area (Å²) in [6, 6.07) is 55.1. The molecule has 6 heteroatoms. The number of nitrogens with zero attached hydrogens (tertiary/aromatic N) is 4. The average Bonchev–Trinajstić information content (AvgIpc) is 3.57. The molecule has 0 saturated heterocycles. The van der Waals surface area contributed by atoms with Crippen molar-refractivity contribution in [3.63, 3.8) is 0 Å². The van der Waals surface area contributed by atoms with Crippen LogP contribution in [0.2, 0.25) is 0 Å². The van der Waals surface area contributed by atoms with Gasteiger partial charge in [-0.25, -0.2) is 15.0 Å². The first-order valence-corrected chi connectivity index (χ1v) is 18.8. The Morgan fingerprint density at radius 2 is 1.05 bits per heavy atom. The van der Waals surface area contributed by atoms with E-state index < -0.39 is 5.41 Å². The Kier molecular flexibility index (Phi) is 7.35. The highest BCUT2D eigenvalue weighted by molar-refractivity contribution is 5.90. The Morgan fingerprint density at radius 3 is 1.77 bits per heavy atom. The van der Waals surface area contributed by atoms with Crippen LogP contribution in [0.4, 0.5) is 0 Å². The highest BCUT2D eigenvalue weighted by Gasteiger charge is 2.52. The van der Waals surface area contributed by atoms with E-state index in [-0.39, 0.29) is 0 Å². The topological polar surface area (TPSA) is 72.8 Å². The fourth-order valence-corrected chi connectivity index (χ4v) is 8.66. The molecule has 6 nitrogen and oxygen atoms in total. The lowest BCUT2D eigenvalue weighted by Gasteiger charge is -2.41. The molecule has 2 aromatic heterocycles. The normalized spacial score (nSPS) is 16.0. The second-order valence-electron chi connectivity index (χ2n) is 14.3. The second-order valence-corrected chi connectivity index (χ2v) is 14.3. The molecule has 1 N–H and O–H groups in total. The Balaban J connectivity index is 1.02. The van der Waals surface area contributed by atoms with Crippen molar-refractivity contribution in [3.8, 4) is 73.3 Å². The van der Waals surface area contributed by atoms with Crippen LogP contribution in [-0.2, 0) is 5.41 Å². The fraction of sp³-hybridized carbons (Fsp3) is 0.0400. The first-order valence-electron chi connectivity index (χ1n) is 18.8. The van der Waals surface area contributed by atoms with Gasteiger partial charge in [-0.3, -0.25) is 4.98 Å². The number of dihydropyridines is 1. The van der Waals surface area contributed by atoms with Crippen molar-refractivity contribution in [2.75, 3.05) is 6.54 Å². The van der Waals surface area contributed by atoms with Crippen molar-refractivity contribution in [3.05, 3.63) is 210 Å². The maximum atomic E-state index is 6.53. The predicted octanol–water partition coefficient (Wildman–Crippen LogP) is 10.7. The van der Waals surface area contributed by atoms with Gasteiger partial charge in [-0.2, -0.15) is 0 Å². The zero-order valence-electron chi connectivity index (χ0n) is 30.2. The van der Waals surface area contributed by atoms with Crippen LogP contribution in [0, 0.1) is 0 Å². The third-order valence-electron chi connectivity index (χ3n) is 11.2. The Morgan fingerprint density at radius 1 is 0.482 bits per heavy atom. The molecule has 264 valence electrons. The van der Waals surface area contributed by atoms with Gasteiger partial charge in [-0.05, 0) is 74.8 Å². The maximum Gasteiger partial charge on any atom is 0.164 e. The number of benzene rings is 6. The van der Waals surface area contributed by atoms with Crippen molar-refractivity contribution in [2.45, 2.75) is 5.41 Å². The summed E-state index contributed by atoms with van der Waals surface area (Å²) < 4.78 is 6.53. The molecule has 6 aromatic carbocycles. The van der Waals surface area contributed by atoms with Crippen molar-refractivity contribution in [1.29, 1.82) is 0 Å². The Hall–Kier alpha value is -7.44. The number of aromatic nitrogens is 4. The third-order valence-corrected chi connectivity index (χ3v) is 11.2. The van der Waals surface area contributed by atoms with Crippen LogP contribution >= 0.6 is 0 Å². The predicted molar refractivity (Wildman–Crippen MR) is 221 cm³/mol. The van der Waals surface area contributed by atoms with E-state index in [1.165, 1.54) is 27.8 Å². The van der Waals surface area contributed by atoms with Gasteiger partial charge in [0.15, 0.2) is 17.5 Å². The van der Waals surface area contributed by atoms with Crippen molar-refractivity contribution in [1.82, 2.24) is 25.3 Å². The summed E-state index contributed by atoms with van der Waals surface area (Å²) in [6.07, 6.45) is 7.82. The van der Waals surface area contributed by atoms with Crippen LogP contribution in [-0.4, -0.2) is 26.5 Å². The summed E-state index contributed by atoms with van der Waals surface area (Å²) >= 11 is 0. The zero-order chi connectivity index (χ0) is 37.1. The van der Waals surface area contributed by atoms with E-state index in [9.17, 15) is 0 Å². The monoisotopic (exact) mass is 719 g/mol. The number of allylic oxidation sites excluding steroid dienone is 1. The molecule has 1 atom stereocenters. The van der Waals surface area contributed by atoms with Gasteiger partial charge in [0.25, 0.3) is 0 Å². The molecule has 3 aliphatic rings. The summed E-state index contributed by atoms with van der Waals surface area (Å²) in [4.78, 5) is 19.5. The van der Waals surface area contributed by atoms with Crippen LogP contribution < -0.4 is 10.1 Å². The lowest BCUT2D eigenvalue weighted by atomic mass is 9.65. The lowest BCUT2D eigenvalue weighted by Crippen LogP contribution is -2.39. The Bertz CT molecular complexity index is 2840. The van der Waals surface area contributed by atoms with Crippen LogP contribution in [0.5, 0.6) is 5.75 Å². The molecule has 0 fully saturated rings. The quantitative estimate of drug-likeness (QED) is 0.191. The van der Waals surface area contributed by atoms with Gasteiger partial charge in [0, 0.05) is 53.0 Å². The number of fused-ring (bicyclic) bond motifs is 8. The number of ether oxygens (including phenoxy) is 1. The minimum atomic E-state index is -0.551. The molecule has 2 aliphatic heterocycles. The summed E-state index contributed by atoms with van der Waals surface area (Å²) in [5.74, 6) is 3.65. The fourth-order valence-electron chi connectivity index (χ4n) is 8.66. The van der Waals surface area contributed by atoms with Crippen molar-refractivity contribution >= 4 is 0 Å². The molecule has 11 rings (SSSR count). The van der Waals surface area contributed by atoms with Gasteiger partial charge >= 0.3 is 0 Å². The smallest absolute Gasteiger partial charge is 0.164 e. The number of hydrogen-bond acceptors (Lipinski definition) is 6. The standard InChI is InChI=1S/C50H33N5O/c1-3-11-32(12-4-1)47-53-48(33-13-5-2-6-14-33)55-49(54-47)38-18-10-17-36(28-38)34-15-9-16-35(27-34)37-21-22-40-39-19-7-8-20-41(39)50(42(40)29-37)43-30-51-25-23-45(43)56-46-24-26-52-31-44(46)50/h1-30,52H,31H2. The van der Waals surface area contributed by atoms with Gasteiger partial charge in [0.1, 0.15) is 11.5 Å². The first-order chi connectivity index (χ1) is 27.7. The van der Waals surface area contributed by atoms with Crippen molar-refractivity contribution < 1.29 is 4.74 Å². The van der Waals surface area contributed by atoms with E-state index in [1.807, 2.05) is 91.4 Å². The Labute approximate surface area is 324 Å². The maximum absolute atomic E-state index is 6.53. The number of hydrogen-bond donors (Lipinski definition) is 1. The zero-order valence-corrected chi connectivity index (χ0v) is 30.2. The van der Waals surface area contributed by atoms with Gasteiger partial charge in [-0.15, -0.1) is 0 Å².